The molecule has 0 heterocycles. The van der Waals surface area contributed by atoms with E-state index >= 15 is 0 Å². The van der Waals surface area contributed by atoms with Crippen molar-refractivity contribution in [3.05, 3.63) is 22.4 Å². The van der Waals surface area contributed by atoms with Crippen LogP contribution in [0.1, 0.15) is 0 Å². The third-order valence-corrected chi connectivity index (χ3v) is 1.81. The van der Waals surface area contributed by atoms with Crippen molar-refractivity contribution in [2.75, 3.05) is 0 Å². The smallest absolute Gasteiger partial charge is 0.387 e. The van der Waals surface area contributed by atoms with Crippen LogP contribution in [0.2, 0.25) is 0 Å². The summed E-state index contributed by atoms with van der Waals surface area (Å²) in [4.78, 5) is 0. The summed E-state index contributed by atoms with van der Waals surface area (Å²) in [5, 5.41) is 9.10. The van der Waals surface area contributed by atoms with Gasteiger partial charge in [0.15, 0.2) is 11.5 Å². The molecule has 0 atom stereocenters. The van der Waals surface area contributed by atoms with Crippen molar-refractivity contribution in [1.29, 1.82) is 0 Å². The van der Waals surface area contributed by atoms with E-state index in [1.165, 1.54) is 0 Å². The van der Waals surface area contributed by atoms with E-state index in [9.17, 15) is 13.2 Å². The molecule has 2 nitrogen and oxygen atoms in total. The molecule has 0 saturated heterocycles. The SMILES string of the molecule is Oc1c(Br)cc(F)cc1OC(F)F. The van der Waals surface area contributed by atoms with Crippen molar-refractivity contribution >= 4 is 15.9 Å². The first-order chi connectivity index (χ1) is 6.00. The Kier molecular flexibility index (Phi) is 3.02. The number of benzene rings is 1. The van der Waals surface area contributed by atoms with E-state index in [-0.39, 0.29) is 4.47 Å². The van der Waals surface area contributed by atoms with Crippen LogP contribution in [0.3, 0.4) is 0 Å². The Morgan fingerprint density at radius 1 is 1.38 bits per heavy atom. The second-order valence-corrected chi connectivity index (χ2v) is 2.97. The topological polar surface area (TPSA) is 29.5 Å². The maximum absolute atomic E-state index is 12.6. The van der Waals surface area contributed by atoms with Crippen molar-refractivity contribution < 1.29 is 23.0 Å². The number of hydrogen-bond donors (Lipinski definition) is 1. The Morgan fingerprint density at radius 3 is 2.54 bits per heavy atom. The highest BCUT2D eigenvalue weighted by molar-refractivity contribution is 9.10. The van der Waals surface area contributed by atoms with Crippen molar-refractivity contribution in [3.63, 3.8) is 0 Å². The molecule has 0 saturated carbocycles. The van der Waals surface area contributed by atoms with Crippen LogP contribution < -0.4 is 4.74 Å². The minimum atomic E-state index is -3.10. The lowest BCUT2D eigenvalue weighted by atomic mass is 10.3. The van der Waals surface area contributed by atoms with E-state index in [2.05, 4.69) is 20.7 Å². The first kappa shape index (κ1) is 10.2. The number of ether oxygens (including phenoxy) is 1. The molecule has 0 aliphatic carbocycles. The van der Waals surface area contributed by atoms with Crippen LogP contribution in [0, 0.1) is 5.82 Å². The molecule has 1 N–H and O–H groups in total. The molecule has 0 aliphatic heterocycles. The first-order valence-electron chi connectivity index (χ1n) is 3.13. The molecule has 0 spiro atoms. The Bertz CT molecular complexity index is 317. The van der Waals surface area contributed by atoms with Crippen molar-refractivity contribution in [3.8, 4) is 11.5 Å². The van der Waals surface area contributed by atoms with E-state index in [0.717, 1.165) is 6.07 Å². The zero-order valence-electron chi connectivity index (χ0n) is 6.10. The third-order valence-electron chi connectivity index (χ3n) is 1.21. The molecule has 13 heavy (non-hydrogen) atoms. The molecule has 1 aromatic rings. The fourth-order valence-electron chi connectivity index (χ4n) is 0.728. The molecule has 1 aromatic carbocycles. The van der Waals surface area contributed by atoms with Gasteiger partial charge in [0.05, 0.1) is 4.47 Å². The van der Waals surface area contributed by atoms with Gasteiger partial charge in [0.2, 0.25) is 0 Å². The minimum absolute atomic E-state index is 0.0387. The van der Waals surface area contributed by atoms with Gasteiger partial charge in [-0.2, -0.15) is 8.78 Å². The van der Waals surface area contributed by atoms with Gasteiger partial charge in [0, 0.05) is 6.07 Å². The fourth-order valence-corrected chi connectivity index (χ4v) is 1.14. The highest BCUT2D eigenvalue weighted by Gasteiger charge is 2.13. The summed E-state index contributed by atoms with van der Waals surface area (Å²) < 4.78 is 39.8. The number of phenolic OH excluding ortho intramolecular Hbond substituents is 1. The van der Waals surface area contributed by atoms with Gasteiger partial charge in [-0.05, 0) is 22.0 Å². The standard InChI is InChI=1S/C7H4BrF3O2/c8-4-1-3(9)2-5(6(4)12)13-7(10)11/h1-2,7,12H. The summed E-state index contributed by atoms with van der Waals surface area (Å²) in [7, 11) is 0. The van der Waals surface area contributed by atoms with Crippen LogP contribution in [0.4, 0.5) is 13.2 Å². The van der Waals surface area contributed by atoms with Gasteiger partial charge in [0.25, 0.3) is 0 Å². The highest BCUT2D eigenvalue weighted by atomic mass is 79.9. The molecular weight excluding hydrogens is 253 g/mol. The Labute approximate surface area is 80.1 Å². The zero-order valence-corrected chi connectivity index (χ0v) is 7.69. The zero-order chi connectivity index (χ0) is 10.0. The predicted molar refractivity (Wildman–Crippen MR) is 42.4 cm³/mol. The molecular formula is C7H4BrF3O2. The van der Waals surface area contributed by atoms with Crippen LogP contribution in [-0.2, 0) is 0 Å². The highest BCUT2D eigenvalue weighted by Crippen LogP contribution is 2.35. The number of rotatable bonds is 2. The Hall–Kier alpha value is -0.910. The summed E-state index contributed by atoms with van der Waals surface area (Å²) >= 11 is 2.77. The van der Waals surface area contributed by atoms with Crippen LogP contribution in [0.25, 0.3) is 0 Å². The Morgan fingerprint density at radius 2 is 2.00 bits per heavy atom. The lowest BCUT2D eigenvalue weighted by Crippen LogP contribution is -2.02. The summed E-state index contributed by atoms with van der Waals surface area (Å²) in [6.45, 7) is -3.10. The number of halogens is 4. The number of hydrogen-bond acceptors (Lipinski definition) is 2. The molecule has 0 fully saturated rings. The van der Waals surface area contributed by atoms with Crippen LogP contribution in [-0.4, -0.2) is 11.7 Å². The average Bonchev–Trinajstić information content (AvgIpc) is 1.98. The monoisotopic (exact) mass is 256 g/mol. The van der Waals surface area contributed by atoms with E-state index in [4.69, 9.17) is 5.11 Å². The van der Waals surface area contributed by atoms with E-state index in [1.807, 2.05) is 0 Å². The molecule has 0 amide bonds. The van der Waals surface area contributed by atoms with Gasteiger partial charge in [-0.15, -0.1) is 0 Å². The maximum Gasteiger partial charge on any atom is 0.387 e. The van der Waals surface area contributed by atoms with Gasteiger partial charge in [-0.3, -0.25) is 0 Å². The van der Waals surface area contributed by atoms with Gasteiger partial charge in [-0.1, -0.05) is 0 Å². The van der Waals surface area contributed by atoms with Crippen molar-refractivity contribution in [1.82, 2.24) is 0 Å². The van der Waals surface area contributed by atoms with Crippen LogP contribution in [0.15, 0.2) is 16.6 Å². The average molecular weight is 257 g/mol. The molecule has 0 aliphatic rings. The second kappa shape index (κ2) is 3.87. The molecule has 0 radical (unpaired) electrons. The normalized spacial score (nSPS) is 10.5. The third kappa shape index (κ3) is 2.51. The van der Waals surface area contributed by atoms with E-state index in [1.54, 1.807) is 0 Å². The quantitative estimate of drug-likeness (QED) is 0.882. The molecule has 0 bridgehead atoms. The fraction of sp³-hybridized carbons (Fsp3) is 0.143. The number of phenols is 1. The van der Waals surface area contributed by atoms with E-state index in [0.29, 0.717) is 6.07 Å². The maximum atomic E-state index is 12.6. The second-order valence-electron chi connectivity index (χ2n) is 2.11. The molecule has 0 unspecified atom stereocenters. The van der Waals surface area contributed by atoms with Crippen LogP contribution >= 0.6 is 15.9 Å². The largest absolute Gasteiger partial charge is 0.503 e. The number of aromatic hydroxyl groups is 1. The van der Waals surface area contributed by atoms with Gasteiger partial charge >= 0.3 is 6.61 Å². The first-order valence-corrected chi connectivity index (χ1v) is 3.93. The summed E-state index contributed by atoms with van der Waals surface area (Å²) in [5.41, 5.74) is 0. The minimum Gasteiger partial charge on any atom is -0.503 e. The van der Waals surface area contributed by atoms with Crippen molar-refractivity contribution in [2.45, 2.75) is 6.61 Å². The van der Waals surface area contributed by atoms with Gasteiger partial charge in [0.1, 0.15) is 5.82 Å². The van der Waals surface area contributed by atoms with Crippen molar-refractivity contribution in [2.24, 2.45) is 0 Å². The van der Waals surface area contributed by atoms with Gasteiger partial charge < -0.3 is 9.84 Å². The molecule has 72 valence electrons. The molecule has 6 heteroatoms. The lowest BCUT2D eigenvalue weighted by molar-refractivity contribution is -0.0514. The lowest BCUT2D eigenvalue weighted by Gasteiger charge is -2.07. The van der Waals surface area contributed by atoms with Crippen LogP contribution in [0.5, 0.6) is 11.5 Å². The van der Waals surface area contributed by atoms with Gasteiger partial charge in [-0.25, -0.2) is 4.39 Å². The summed E-state index contributed by atoms with van der Waals surface area (Å²) in [5.74, 6) is -1.93. The summed E-state index contributed by atoms with van der Waals surface area (Å²) in [6, 6.07) is 1.61. The predicted octanol–water partition coefficient (Wildman–Crippen LogP) is 2.90. The summed E-state index contributed by atoms with van der Waals surface area (Å²) in [6.07, 6.45) is 0. The van der Waals surface area contributed by atoms with E-state index < -0.39 is 23.9 Å². The molecule has 1 rings (SSSR count). The molecule has 0 aromatic heterocycles. The Balaban J connectivity index is 3.05. The number of alkyl halides is 2.